The quantitative estimate of drug-likeness (QED) is 0.872. The van der Waals surface area contributed by atoms with Gasteiger partial charge in [-0.3, -0.25) is 4.79 Å². The van der Waals surface area contributed by atoms with Crippen molar-refractivity contribution < 1.29 is 19.4 Å². The molecule has 2 unspecified atom stereocenters. The molecule has 1 aromatic rings. The van der Waals surface area contributed by atoms with E-state index in [2.05, 4.69) is 10.3 Å². The van der Waals surface area contributed by atoms with Crippen molar-refractivity contribution in [2.24, 2.45) is 0 Å². The third-order valence-electron chi connectivity index (χ3n) is 3.37. The average molecular weight is 278 g/mol. The number of carboxylic acids is 1. The minimum atomic E-state index is -1.04. The van der Waals surface area contributed by atoms with Crippen LogP contribution in [0.4, 0.5) is 0 Å². The molecule has 6 heteroatoms. The second-order valence-electron chi connectivity index (χ2n) is 5.01. The Kier molecular flexibility index (Phi) is 4.34. The van der Waals surface area contributed by atoms with Gasteiger partial charge in [0.2, 0.25) is 0 Å². The van der Waals surface area contributed by atoms with Gasteiger partial charge in [0.15, 0.2) is 0 Å². The maximum Gasteiger partial charge on any atom is 0.337 e. The van der Waals surface area contributed by atoms with Crippen molar-refractivity contribution in [3.05, 3.63) is 29.1 Å². The molecule has 0 bridgehead atoms. The fourth-order valence-electron chi connectivity index (χ4n) is 2.30. The fraction of sp³-hybridized carbons (Fsp3) is 0.500. The summed E-state index contributed by atoms with van der Waals surface area (Å²) in [4.78, 5) is 27.0. The lowest BCUT2D eigenvalue weighted by molar-refractivity contribution is 0.0136. The molecule has 0 radical (unpaired) electrons. The van der Waals surface area contributed by atoms with Crippen LogP contribution in [0, 0.1) is 6.92 Å². The second kappa shape index (κ2) is 6.00. The molecule has 2 heterocycles. The molecule has 2 N–H and O–H groups in total. The highest BCUT2D eigenvalue weighted by Gasteiger charge is 2.22. The monoisotopic (exact) mass is 278 g/mol. The number of nitrogens with zero attached hydrogens (tertiary/aromatic N) is 1. The highest BCUT2D eigenvalue weighted by atomic mass is 16.5. The number of aromatic carboxylic acids is 1. The maximum atomic E-state index is 12.1. The molecule has 0 spiro atoms. The van der Waals surface area contributed by atoms with E-state index in [1.807, 2.05) is 6.92 Å². The Balaban J connectivity index is 2.05. The molecule has 0 saturated carbocycles. The number of pyridine rings is 1. The Morgan fingerprint density at radius 2 is 2.20 bits per heavy atom. The largest absolute Gasteiger partial charge is 0.478 e. The van der Waals surface area contributed by atoms with Gasteiger partial charge in [0.25, 0.3) is 5.91 Å². The Hall–Kier alpha value is -1.95. The number of carboxylic acid groups (broad SMARTS) is 1. The SMILES string of the molecule is Cc1nc(C(=O)NC2CCOC(C)C2)ccc1C(=O)O. The van der Waals surface area contributed by atoms with Gasteiger partial charge in [-0.15, -0.1) is 0 Å². The molecule has 1 aliphatic heterocycles. The Labute approximate surface area is 117 Å². The molecule has 20 heavy (non-hydrogen) atoms. The zero-order valence-electron chi connectivity index (χ0n) is 11.5. The van der Waals surface area contributed by atoms with Crippen molar-refractivity contribution in [3.63, 3.8) is 0 Å². The summed E-state index contributed by atoms with van der Waals surface area (Å²) in [5.41, 5.74) is 0.693. The van der Waals surface area contributed by atoms with Gasteiger partial charge in [0, 0.05) is 12.6 Å². The molecular weight excluding hydrogens is 260 g/mol. The molecule has 1 aliphatic rings. The van der Waals surface area contributed by atoms with Gasteiger partial charge in [-0.25, -0.2) is 9.78 Å². The number of nitrogens with one attached hydrogen (secondary N) is 1. The number of aromatic nitrogens is 1. The molecule has 2 atom stereocenters. The first-order valence-electron chi connectivity index (χ1n) is 6.60. The van der Waals surface area contributed by atoms with E-state index in [4.69, 9.17) is 9.84 Å². The van der Waals surface area contributed by atoms with Gasteiger partial charge in [0.05, 0.1) is 17.4 Å². The second-order valence-corrected chi connectivity index (χ2v) is 5.01. The number of hydrogen-bond acceptors (Lipinski definition) is 4. The van der Waals surface area contributed by atoms with Crippen molar-refractivity contribution in [1.82, 2.24) is 10.3 Å². The van der Waals surface area contributed by atoms with Gasteiger partial charge in [-0.05, 0) is 38.8 Å². The molecule has 1 amide bonds. The summed E-state index contributed by atoms with van der Waals surface area (Å²) in [6.07, 6.45) is 1.69. The molecule has 1 aromatic heterocycles. The summed E-state index contributed by atoms with van der Waals surface area (Å²) >= 11 is 0. The van der Waals surface area contributed by atoms with E-state index in [-0.39, 0.29) is 29.3 Å². The van der Waals surface area contributed by atoms with Crippen LogP contribution in [-0.2, 0) is 4.74 Å². The van der Waals surface area contributed by atoms with Gasteiger partial charge < -0.3 is 15.2 Å². The van der Waals surface area contributed by atoms with E-state index in [1.165, 1.54) is 12.1 Å². The summed E-state index contributed by atoms with van der Waals surface area (Å²) in [7, 11) is 0. The summed E-state index contributed by atoms with van der Waals surface area (Å²) in [6, 6.07) is 2.92. The van der Waals surface area contributed by atoms with E-state index in [1.54, 1.807) is 6.92 Å². The number of carbonyl (C=O) groups is 2. The predicted octanol–water partition coefficient (Wildman–Crippen LogP) is 1.39. The van der Waals surface area contributed by atoms with Crippen LogP contribution in [0.5, 0.6) is 0 Å². The fourth-order valence-corrected chi connectivity index (χ4v) is 2.30. The Bertz CT molecular complexity index is 530. The van der Waals surface area contributed by atoms with E-state index >= 15 is 0 Å². The van der Waals surface area contributed by atoms with Gasteiger partial charge in [-0.1, -0.05) is 0 Å². The number of ether oxygens (including phenoxy) is 1. The Morgan fingerprint density at radius 3 is 2.80 bits per heavy atom. The summed E-state index contributed by atoms with van der Waals surface area (Å²) < 4.78 is 5.42. The number of amides is 1. The molecule has 108 valence electrons. The predicted molar refractivity (Wildman–Crippen MR) is 71.8 cm³/mol. The van der Waals surface area contributed by atoms with Crippen LogP contribution in [0.15, 0.2) is 12.1 Å². The number of rotatable bonds is 3. The first-order chi connectivity index (χ1) is 9.47. The van der Waals surface area contributed by atoms with E-state index in [9.17, 15) is 9.59 Å². The van der Waals surface area contributed by atoms with Crippen molar-refractivity contribution in [3.8, 4) is 0 Å². The third kappa shape index (κ3) is 3.33. The van der Waals surface area contributed by atoms with Crippen LogP contribution in [0.2, 0.25) is 0 Å². The van der Waals surface area contributed by atoms with Crippen molar-refractivity contribution in [2.45, 2.75) is 38.8 Å². The average Bonchev–Trinajstić information content (AvgIpc) is 2.38. The zero-order valence-corrected chi connectivity index (χ0v) is 11.5. The van der Waals surface area contributed by atoms with Crippen molar-refractivity contribution in [2.75, 3.05) is 6.61 Å². The van der Waals surface area contributed by atoms with Gasteiger partial charge >= 0.3 is 5.97 Å². The van der Waals surface area contributed by atoms with E-state index in [0.29, 0.717) is 12.3 Å². The normalized spacial score (nSPS) is 22.3. The van der Waals surface area contributed by atoms with Crippen LogP contribution in [0.3, 0.4) is 0 Å². The van der Waals surface area contributed by atoms with Crippen molar-refractivity contribution in [1.29, 1.82) is 0 Å². The zero-order chi connectivity index (χ0) is 14.7. The van der Waals surface area contributed by atoms with Crippen molar-refractivity contribution >= 4 is 11.9 Å². The highest BCUT2D eigenvalue weighted by molar-refractivity contribution is 5.94. The third-order valence-corrected chi connectivity index (χ3v) is 3.37. The summed E-state index contributed by atoms with van der Waals surface area (Å²) in [5, 5.41) is 11.8. The van der Waals surface area contributed by atoms with E-state index in [0.717, 1.165) is 12.8 Å². The molecule has 1 saturated heterocycles. The van der Waals surface area contributed by atoms with E-state index < -0.39 is 5.97 Å². The van der Waals surface area contributed by atoms with Gasteiger partial charge in [-0.2, -0.15) is 0 Å². The van der Waals surface area contributed by atoms with Crippen LogP contribution >= 0.6 is 0 Å². The number of hydrogen-bond donors (Lipinski definition) is 2. The van der Waals surface area contributed by atoms with Crippen LogP contribution in [0.25, 0.3) is 0 Å². The maximum absolute atomic E-state index is 12.1. The minimum Gasteiger partial charge on any atom is -0.478 e. The molecular formula is C14H18N2O4. The molecule has 0 aromatic carbocycles. The number of aryl methyl sites for hydroxylation is 1. The lowest BCUT2D eigenvalue weighted by Gasteiger charge is -2.27. The Morgan fingerprint density at radius 1 is 1.45 bits per heavy atom. The lowest BCUT2D eigenvalue weighted by Crippen LogP contribution is -2.41. The van der Waals surface area contributed by atoms with Gasteiger partial charge in [0.1, 0.15) is 5.69 Å². The highest BCUT2D eigenvalue weighted by Crippen LogP contribution is 2.14. The lowest BCUT2D eigenvalue weighted by atomic mass is 10.0. The first-order valence-corrected chi connectivity index (χ1v) is 6.60. The topological polar surface area (TPSA) is 88.5 Å². The molecule has 2 rings (SSSR count). The molecule has 1 fully saturated rings. The summed E-state index contributed by atoms with van der Waals surface area (Å²) in [5.74, 6) is -1.32. The smallest absolute Gasteiger partial charge is 0.337 e. The molecule has 0 aliphatic carbocycles. The summed E-state index contributed by atoms with van der Waals surface area (Å²) in [6.45, 7) is 4.19. The van der Waals surface area contributed by atoms with Crippen LogP contribution < -0.4 is 5.32 Å². The first kappa shape index (κ1) is 14.5. The van der Waals surface area contributed by atoms with Crippen LogP contribution in [0.1, 0.15) is 46.3 Å². The standard InChI is InChI=1S/C14H18N2O4/c1-8-7-10(5-6-20-8)16-13(17)12-4-3-11(14(18)19)9(2)15-12/h3-4,8,10H,5-7H2,1-2H3,(H,16,17)(H,18,19). The van der Waals surface area contributed by atoms with Crippen LogP contribution in [-0.4, -0.2) is 40.7 Å². The number of carbonyl (C=O) groups excluding carboxylic acids is 1. The molecule has 6 nitrogen and oxygen atoms in total. The minimum absolute atomic E-state index is 0.0764.